The molecule has 0 aromatic heterocycles. The molecule has 0 bridgehead atoms. The molecule has 0 radical (unpaired) electrons. The third-order valence-corrected chi connectivity index (χ3v) is 4.33. The van der Waals surface area contributed by atoms with Crippen molar-refractivity contribution in [2.45, 2.75) is 12.3 Å². The number of amides is 1. The lowest BCUT2D eigenvalue weighted by Crippen LogP contribution is -2.46. The van der Waals surface area contributed by atoms with Crippen LogP contribution >= 0.6 is 31.9 Å². The minimum absolute atomic E-state index is 0.201. The summed E-state index contributed by atoms with van der Waals surface area (Å²) in [5.74, 6) is -0.621. The summed E-state index contributed by atoms with van der Waals surface area (Å²) in [6.07, 6.45) is -4.77. The van der Waals surface area contributed by atoms with Gasteiger partial charge in [0.1, 0.15) is 0 Å². The summed E-state index contributed by atoms with van der Waals surface area (Å²) in [5, 5.41) is 0.531. The number of carbonyl (C=O) groups is 1. The Morgan fingerprint density at radius 1 is 1.43 bits per heavy atom. The molecule has 8 heteroatoms. The van der Waals surface area contributed by atoms with E-state index in [1.165, 1.54) is 17.0 Å². The molecular weight excluding hydrogens is 419 g/mol. The van der Waals surface area contributed by atoms with E-state index in [0.29, 0.717) is 11.9 Å². The standard InChI is InChI=1S/C13H12Br2F3NO2/c14-6-9-7-19(3-4-21-9)12(20)10-2-1-8(15)5-11(10)13(16,17)18/h1-2,5,9H,3-4,6-7H2. The van der Waals surface area contributed by atoms with Crippen molar-refractivity contribution in [1.82, 2.24) is 4.90 Å². The largest absolute Gasteiger partial charge is 0.417 e. The minimum Gasteiger partial charge on any atom is -0.374 e. The molecule has 2 rings (SSSR count). The average molecular weight is 431 g/mol. The first-order valence-electron chi connectivity index (χ1n) is 6.16. The highest BCUT2D eigenvalue weighted by Gasteiger charge is 2.37. The maximum absolute atomic E-state index is 13.1. The Morgan fingerprint density at radius 2 is 2.14 bits per heavy atom. The second kappa shape index (κ2) is 6.66. The molecule has 21 heavy (non-hydrogen) atoms. The topological polar surface area (TPSA) is 29.5 Å². The van der Waals surface area contributed by atoms with Crippen LogP contribution in [0.3, 0.4) is 0 Å². The summed E-state index contributed by atoms with van der Waals surface area (Å²) in [7, 11) is 0. The molecule has 1 saturated heterocycles. The number of benzene rings is 1. The molecule has 1 aliphatic rings. The van der Waals surface area contributed by atoms with Gasteiger partial charge in [0.05, 0.1) is 23.8 Å². The van der Waals surface area contributed by atoms with Gasteiger partial charge in [0.25, 0.3) is 5.91 Å². The summed E-state index contributed by atoms with van der Waals surface area (Å²) in [6, 6.07) is 3.56. The van der Waals surface area contributed by atoms with Gasteiger partial charge in [0.2, 0.25) is 0 Å². The summed E-state index contributed by atoms with van der Waals surface area (Å²) >= 11 is 6.25. The molecule has 1 aromatic rings. The van der Waals surface area contributed by atoms with Gasteiger partial charge in [-0.1, -0.05) is 31.9 Å². The van der Waals surface area contributed by atoms with E-state index in [9.17, 15) is 18.0 Å². The molecule has 1 aliphatic heterocycles. The number of morpholine rings is 1. The van der Waals surface area contributed by atoms with Crippen LogP contribution in [0.2, 0.25) is 0 Å². The zero-order chi connectivity index (χ0) is 15.6. The lowest BCUT2D eigenvalue weighted by Gasteiger charge is -2.32. The van der Waals surface area contributed by atoms with Gasteiger partial charge in [-0.2, -0.15) is 13.2 Å². The summed E-state index contributed by atoms with van der Waals surface area (Å²) in [4.78, 5) is 13.8. The molecule has 1 unspecified atom stereocenters. The second-order valence-corrected chi connectivity index (χ2v) is 6.15. The van der Waals surface area contributed by atoms with Gasteiger partial charge < -0.3 is 9.64 Å². The van der Waals surface area contributed by atoms with E-state index in [2.05, 4.69) is 31.9 Å². The van der Waals surface area contributed by atoms with Crippen LogP contribution in [0.5, 0.6) is 0 Å². The minimum atomic E-state index is -4.57. The van der Waals surface area contributed by atoms with Crippen molar-refractivity contribution in [1.29, 1.82) is 0 Å². The van der Waals surface area contributed by atoms with E-state index >= 15 is 0 Å². The van der Waals surface area contributed by atoms with Gasteiger partial charge >= 0.3 is 6.18 Å². The highest BCUT2D eigenvalue weighted by Crippen LogP contribution is 2.34. The summed E-state index contributed by atoms with van der Waals surface area (Å²) < 4.78 is 44.9. The highest BCUT2D eigenvalue weighted by atomic mass is 79.9. The average Bonchev–Trinajstić information content (AvgIpc) is 2.45. The Morgan fingerprint density at radius 3 is 2.76 bits per heavy atom. The van der Waals surface area contributed by atoms with Crippen molar-refractivity contribution >= 4 is 37.8 Å². The zero-order valence-corrected chi connectivity index (χ0v) is 14.0. The van der Waals surface area contributed by atoms with Crippen LogP contribution in [0.15, 0.2) is 22.7 Å². The van der Waals surface area contributed by atoms with Gasteiger partial charge in [-0.25, -0.2) is 0 Å². The van der Waals surface area contributed by atoms with E-state index in [1.807, 2.05) is 0 Å². The Bertz CT molecular complexity index is 537. The summed E-state index contributed by atoms with van der Waals surface area (Å²) in [5.41, 5.74) is -1.26. The van der Waals surface area contributed by atoms with E-state index in [4.69, 9.17) is 4.74 Å². The van der Waals surface area contributed by atoms with Gasteiger partial charge in [0.15, 0.2) is 0 Å². The molecule has 1 fully saturated rings. The smallest absolute Gasteiger partial charge is 0.374 e. The molecule has 0 saturated carbocycles. The number of hydrogen-bond donors (Lipinski definition) is 0. The lowest BCUT2D eigenvalue weighted by molar-refractivity contribution is -0.138. The third kappa shape index (κ3) is 3.98. The Kier molecular flexibility index (Phi) is 5.32. The van der Waals surface area contributed by atoms with E-state index in [1.54, 1.807) is 0 Å². The predicted molar refractivity (Wildman–Crippen MR) is 78.6 cm³/mol. The first kappa shape index (κ1) is 16.8. The Balaban J connectivity index is 2.31. The number of halogens is 5. The van der Waals surface area contributed by atoms with Crippen molar-refractivity contribution in [3.05, 3.63) is 33.8 Å². The Hall–Kier alpha value is -0.600. The third-order valence-electron chi connectivity index (χ3n) is 3.12. The van der Waals surface area contributed by atoms with Crippen LogP contribution < -0.4 is 0 Å². The fraction of sp³-hybridized carbons (Fsp3) is 0.462. The molecule has 1 amide bonds. The molecule has 0 spiro atoms. The maximum atomic E-state index is 13.1. The predicted octanol–water partition coefficient (Wildman–Crippen LogP) is 3.70. The maximum Gasteiger partial charge on any atom is 0.417 e. The number of nitrogens with zero attached hydrogens (tertiary/aromatic N) is 1. The van der Waals surface area contributed by atoms with Crippen molar-refractivity contribution in [3.63, 3.8) is 0 Å². The van der Waals surface area contributed by atoms with Gasteiger partial charge in [-0.3, -0.25) is 4.79 Å². The molecule has 3 nitrogen and oxygen atoms in total. The molecule has 1 aromatic carbocycles. The van der Waals surface area contributed by atoms with E-state index in [-0.39, 0.29) is 29.2 Å². The fourth-order valence-electron chi connectivity index (χ4n) is 2.11. The first-order chi connectivity index (χ1) is 9.82. The number of ether oxygens (including phenoxy) is 1. The first-order valence-corrected chi connectivity index (χ1v) is 8.08. The van der Waals surface area contributed by atoms with Crippen molar-refractivity contribution in [2.75, 3.05) is 25.0 Å². The van der Waals surface area contributed by atoms with E-state index < -0.39 is 17.6 Å². The molecule has 116 valence electrons. The zero-order valence-electron chi connectivity index (χ0n) is 10.8. The van der Waals surface area contributed by atoms with Crippen LogP contribution in [0.1, 0.15) is 15.9 Å². The quantitative estimate of drug-likeness (QED) is 0.669. The molecule has 1 heterocycles. The van der Waals surface area contributed by atoms with Crippen molar-refractivity contribution in [3.8, 4) is 0 Å². The molecule has 0 aliphatic carbocycles. The summed E-state index contributed by atoms with van der Waals surface area (Å²) in [6.45, 7) is 0.882. The lowest BCUT2D eigenvalue weighted by atomic mass is 10.1. The number of carbonyl (C=O) groups excluding carboxylic acids is 1. The number of rotatable bonds is 2. The van der Waals surface area contributed by atoms with Crippen LogP contribution in [-0.4, -0.2) is 41.9 Å². The van der Waals surface area contributed by atoms with Crippen LogP contribution in [0.25, 0.3) is 0 Å². The molecular formula is C13H12Br2F3NO2. The number of hydrogen-bond acceptors (Lipinski definition) is 2. The van der Waals surface area contributed by atoms with Crippen LogP contribution in [-0.2, 0) is 10.9 Å². The SMILES string of the molecule is O=C(c1ccc(Br)cc1C(F)(F)F)N1CCOC(CBr)C1. The van der Waals surface area contributed by atoms with Gasteiger partial charge in [0, 0.05) is 22.9 Å². The van der Waals surface area contributed by atoms with Gasteiger partial charge in [-0.05, 0) is 18.2 Å². The number of alkyl halides is 4. The monoisotopic (exact) mass is 429 g/mol. The van der Waals surface area contributed by atoms with Crippen molar-refractivity contribution in [2.24, 2.45) is 0 Å². The van der Waals surface area contributed by atoms with Crippen molar-refractivity contribution < 1.29 is 22.7 Å². The highest BCUT2D eigenvalue weighted by molar-refractivity contribution is 9.10. The normalized spacial score (nSPS) is 19.7. The van der Waals surface area contributed by atoms with Gasteiger partial charge in [-0.15, -0.1) is 0 Å². The fourth-order valence-corrected chi connectivity index (χ4v) is 2.86. The molecule has 1 atom stereocenters. The van der Waals surface area contributed by atoms with Crippen LogP contribution in [0.4, 0.5) is 13.2 Å². The second-order valence-electron chi connectivity index (χ2n) is 4.59. The van der Waals surface area contributed by atoms with Crippen LogP contribution in [0, 0.1) is 0 Å². The molecule has 0 N–H and O–H groups in total. The Labute approximate surface area is 136 Å². The van der Waals surface area contributed by atoms with E-state index in [0.717, 1.165) is 6.07 Å².